The number of rotatable bonds is 4. The maximum absolute atomic E-state index is 6.22. The molecule has 25 heavy (non-hydrogen) atoms. The molecule has 0 bridgehead atoms. The molecule has 138 valence electrons. The van der Waals surface area contributed by atoms with Crippen LogP contribution in [0.25, 0.3) is 0 Å². The van der Waals surface area contributed by atoms with E-state index in [4.69, 9.17) is 28.4 Å². The first kappa shape index (κ1) is 17.4. The number of ether oxygens (including phenoxy) is 6. The van der Waals surface area contributed by atoms with Gasteiger partial charge in [-0.05, 0) is 33.3 Å². The van der Waals surface area contributed by atoms with Crippen molar-refractivity contribution in [2.45, 2.75) is 76.6 Å². The highest BCUT2D eigenvalue weighted by molar-refractivity contribution is 5.13. The molecule has 6 heteroatoms. The zero-order chi connectivity index (χ0) is 17.7. The van der Waals surface area contributed by atoms with Crippen LogP contribution in [0.3, 0.4) is 0 Å². The van der Waals surface area contributed by atoms with E-state index in [1.807, 2.05) is 58.0 Å². The molecular formula is C19H26O6. The van der Waals surface area contributed by atoms with E-state index in [-0.39, 0.29) is 24.4 Å². The second kappa shape index (κ2) is 6.30. The normalized spacial score (nSPS) is 38.8. The summed E-state index contributed by atoms with van der Waals surface area (Å²) in [7, 11) is 0. The molecule has 0 aliphatic carbocycles. The highest BCUT2D eigenvalue weighted by Crippen LogP contribution is 2.42. The van der Waals surface area contributed by atoms with Crippen LogP contribution >= 0.6 is 0 Å². The third-order valence-electron chi connectivity index (χ3n) is 4.71. The minimum atomic E-state index is -0.680. The fourth-order valence-corrected chi connectivity index (χ4v) is 3.64. The molecule has 0 aromatic heterocycles. The number of fused-ring (bicyclic) bond motifs is 1. The van der Waals surface area contributed by atoms with Crippen LogP contribution in [0.15, 0.2) is 30.3 Å². The van der Waals surface area contributed by atoms with Crippen LogP contribution < -0.4 is 0 Å². The molecule has 3 heterocycles. The van der Waals surface area contributed by atoms with E-state index >= 15 is 0 Å². The predicted molar refractivity (Wildman–Crippen MR) is 88.6 cm³/mol. The SMILES string of the molecule is CC1(C)O[C@H]2OC([C@H]3COC(C)(C)O3)[C@H](OCc3ccccc3)[C@H]2O1. The largest absolute Gasteiger partial charge is 0.368 e. The van der Waals surface area contributed by atoms with E-state index in [0.29, 0.717) is 13.2 Å². The summed E-state index contributed by atoms with van der Waals surface area (Å²) < 4.78 is 36.0. The van der Waals surface area contributed by atoms with Crippen LogP contribution in [0.1, 0.15) is 33.3 Å². The molecule has 5 atom stereocenters. The third kappa shape index (κ3) is 3.60. The van der Waals surface area contributed by atoms with Crippen LogP contribution in [0.5, 0.6) is 0 Å². The topological polar surface area (TPSA) is 55.4 Å². The Labute approximate surface area is 148 Å². The fourth-order valence-electron chi connectivity index (χ4n) is 3.64. The summed E-state index contributed by atoms with van der Waals surface area (Å²) in [6, 6.07) is 10.1. The lowest BCUT2D eigenvalue weighted by Gasteiger charge is -2.29. The molecule has 3 saturated heterocycles. The van der Waals surface area contributed by atoms with Crippen molar-refractivity contribution < 1.29 is 28.4 Å². The minimum Gasteiger partial charge on any atom is -0.368 e. The molecule has 0 saturated carbocycles. The van der Waals surface area contributed by atoms with Gasteiger partial charge in [-0.25, -0.2) is 0 Å². The quantitative estimate of drug-likeness (QED) is 0.832. The number of benzene rings is 1. The Kier molecular flexibility index (Phi) is 4.38. The molecule has 3 aliphatic heterocycles. The fraction of sp³-hybridized carbons (Fsp3) is 0.684. The molecule has 1 aromatic carbocycles. The van der Waals surface area contributed by atoms with E-state index < -0.39 is 17.9 Å². The van der Waals surface area contributed by atoms with Crippen molar-refractivity contribution in [2.75, 3.05) is 6.61 Å². The minimum absolute atomic E-state index is 0.211. The lowest BCUT2D eigenvalue weighted by atomic mass is 10.1. The average Bonchev–Trinajstić information content (AvgIpc) is 3.15. The van der Waals surface area contributed by atoms with Crippen molar-refractivity contribution >= 4 is 0 Å². The molecule has 6 nitrogen and oxygen atoms in total. The van der Waals surface area contributed by atoms with Gasteiger partial charge < -0.3 is 28.4 Å². The van der Waals surface area contributed by atoms with Crippen molar-refractivity contribution in [1.82, 2.24) is 0 Å². The van der Waals surface area contributed by atoms with Gasteiger partial charge in [0.15, 0.2) is 17.9 Å². The highest BCUT2D eigenvalue weighted by Gasteiger charge is 2.58. The van der Waals surface area contributed by atoms with E-state index in [9.17, 15) is 0 Å². The second-order valence-corrected chi connectivity index (χ2v) is 7.70. The van der Waals surface area contributed by atoms with Crippen molar-refractivity contribution in [1.29, 1.82) is 0 Å². The van der Waals surface area contributed by atoms with Crippen LogP contribution in [-0.4, -0.2) is 48.9 Å². The first-order chi connectivity index (χ1) is 11.8. The third-order valence-corrected chi connectivity index (χ3v) is 4.71. The number of hydrogen-bond acceptors (Lipinski definition) is 6. The predicted octanol–water partition coefficient (Wildman–Crippen LogP) is 2.60. The molecule has 1 aromatic rings. The smallest absolute Gasteiger partial charge is 0.190 e. The van der Waals surface area contributed by atoms with Gasteiger partial charge in [0, 0.05) is 0 Å². The molecule has 0 N–H and O–H groups in total. The molecule has 0 amide bonds. The molecule has 4 rings (SSSR count). The van der Waals surface area contributed by atoms with Gasteiger partial charge in [0.2, 0.25) is 0 Å². The Balaban J connectivity index is 1.50. The zero-order valence-corrected chi connectivity index (χ0v) is 15.1. The lowest BCUT2D eigenvalue weighted by molar-refractivity contribution is -0.236. The van der Waals surface area contributed by atoms with Crippen LogP contribution in [-0.2, 0) is 35.0 Å². The summed E-state index contributed by atoms with van der Waals surface area (Å²) in [4.78, 5) is 0. The van der Waals surface area contributed by atoms with Gasteiger partial charge in [-0.1, -0.05) is 30.3 Å². The van der Waals surface area contributed by atoms with Gasteiger partial charge in [0.05, 0.1) is 13.2 Å². The van der Waals surface area contributed by atoms with Gasteiger partial charge in [0.1, 0.15) is 24.4 Å². The monoisotopic (exact) mass is 350 g/mol. The van der Waals surface area contributed by atoms with Gasteiger partial charge >= 0.3 is 0 Å². The molecule has 0 spiro atoms. The molecule has 1 unspecified atom stereocenters. The zero-order valence-electron chi connectivity index (χ0n) is 15.1. The summed E-state index contributed by atoms with van der Waals surface area (Å²) >= 11 is 0. The lowest BCUT2D eigenvalue weighted by Crippen LogP contribution is -2.44. The average molecular weight is 350 g/mol. The molecule has 0 radical (unpaired) electrons. The second-order valence-electron chi connectivity index (χ2n) is 7.70. The summed E-state index contributed by atoms with van der Waals surface area (Å²) in [5.41, 5.74) is 1.10. The van der Waals surface area contributed by atoms with E-state index in [0.717, 1.165) is 5.56 Å². The van der Waals surface area contributed by atoms with Gasteiger partial charge in [-0.15, -0.1) is 0 Å². The van der Waals surface area contributed by atoms with Crippen molar-refractivity contribution in [3.05, 3.63) is 35.9 Å². The summed E-state index contributed by atoms with van der Waals surface area (Å²) in [5.74, 6) is -1.29. The Morgan fingerprint density at radius 2 is 1.72 bits per heavy atom. The van der Waals surface area contributed by atoms with Gasteiger partial charge in [0.25, 0.3) is 0 Å². The van der Waals surface area contributed by atoms with Gasteiger partial charge in [-0.3, -0.25) is 0 Å². The Bertz CT molecular complexity index is 601. The molecule has 3 aliphatic rings. The van der Waals surface area contributed by atoms with Crippen LogP contribution in [0.4, 0.5) is 0 Å². The first-order valence-corrected chi connectivity index (χ1v) is 8.81. The van der Waals surface area contributed by atoms with Gasteiger partial charge in [-0.2, -0.15) is 0 Å². The summed E-state index contributed by atoms with van der Waals surface area (Å²) in [6.07, 6.45) is -1.52. The van der Waals surface area contributed by atoms with E-state index in [1.54, 1.807) is 0 Å². The Morgan fingerprint density at radius 1 is 0.960 bits per heavy atom. The first-order valence-electron chi connectivity index (χ1n) is 8.81. The van der Waals surface area contributed by atoms with Crippen LogP contribution in [0, 0.1) is 0 Å². The maximum atomic E-state index is 6.22. The maximum Gasteiger partial charge on any atom is 0.190 e. The standard InChI is InChI=1S/C19H26O6/c1-18(2)21-11-13(23-18)14-15(20-10-12-8-6-5-7-9-12)16-17(22-14)25-19(3,4)24-16/h5-9,13-17H,10-11H2,1-4H3/t13-,14?,15+,16-,17-/m1/s1. The molecular weight excluding hydrogens is 324 g/mol. The van der Waals surface area contributed by atoms with Crippen molar-refractivity contribution in [3.63, 3.8) is 0 Å². The van der Waals surface area contributed by atoms with E-state index in [1.165, 1.54) is 0 Å². The summed E-state index contributed by atoms with van der Waals surface area (Å²) in [6.45, 7) is 8.52. The van der Waals surface area contributed by atoms with Crippen LogP contribution in [0.2, 0.25) is 0 Å². The van der Waals surface area contributed by atoms with Crippen molar-refractivity contribution in [3.8, 4) is 0 Å². The molecule has 3 fully saturated rings. The summed E-state index contributed by atoms with van der Waals surface area (Å²) in [5, 5.41) is 0. The van der Waals surface area contributed by atoms with Crippen molar-refractivity contribution in [2.24, 2.45) is 0 Å². The number of hydrogen-bond donors (Lipinski definition) is 0. The highest BCUT2D eigenvalue weighted by atomic mass is 16.8. The Hall–Kier alpha value is -1.02. The van der Waals surface area contributed by atoms with E-state index in [2.05, 4.69) is 0 Å². The Morgan fingerprint density at radius 3 is 2.40 bits per heavy atom.